The molecule has 3 rings (SSSR count). The third-order valence-electron chi connectivity index (χ3n) is 3.92. The number of piperazine rings is 1. The van der Waals surface area contributed by atoms with Gasteiger partial charge in [-0.3, -0.25) is 4.90 Å². The van der Waals surface area contributed by atoms with Crippen molar-refractivity contribution in [1.29, 1.82) is 0 Å². The molecule has 1 saturated heterocycles. The zero-order valence-corrected chi connectivity index (χ0v) is 13.6. The maximum atomic E-state index is 10.1. The van der Waals surface area contributed by atoms with Gasteiger partial charge in [0, 0.05) is 42.8 Å². The first-order valence-electron chi connectivity index (χ1n) is 6.69. The zero-order valence-electron chi connectivity index (χ0n) is 11.2. The number of nitrogens with one attached hydrogen (secondary N) is 1. The fourth-order valence-corrected chi connectivity index (χ4v) is 3.06. The van der Waals surface area contributed by atoms with Gasteiger partial charge in [-0.05, 0) is 37.0 Å². The maximum absolute atomic E-state index is 10.1. The second kappa shape index (κ2) is 7.71. The highest BCUT2D eigenvalue weighted by Gasteiger charge is 2.38. The molecule has 0 aromatic heterocycles. The summed E-state index contributed by atoms with van der Waals surface area (Å²) < 4.78 is 0. The van der Waals surface area contributed by atoms with E-state index in [-0.39, 0.29) is 24.8 Å². The molecule has 0 radical (unpaired) electrons. The number of phenolic OH excluding ortho intramolecular Hbond substituents is 1. The van der Waals surface area contributed by atoms with Crippen molar-refractivity contribution in [2.45, 2.75) is 18.9 Å². The molecule has 6 heteroatoms. The number of hydrogen-bond donors (Lipinski definition) is 2. The largest absolute Gasteiger partial charge is 0.508 e. The molecule has 1 atom stereocenters. The molecule has 0 amide bonds. The summed E-state index contributed by atoms with van der Waals surface area (Å²) in [4.78, 5) is 2.49. The third-order valence-corrected chi connectivity index (χ3v) is 4.16. The predicted octanol–water partition coefficient (Wildman–Crippen LogP) is 3.25. The first-order chi connectivity index (χ1) is 8.75. The molecule has 2 N–H and O–H groups in total. The number of nitrogens with zero attached hydrogens (tertiary/aromatic N) is 1. The first-order valence-corrected chi connectivity index (χ1v) is 7.06. The molecule has 1 heterocycles. The Labute approximate surface area is 137 Å². The molecule has 2 aliphatic rings. The van der Waals surface area contributed by atoms with Crippen LogP contribution in [0.5, 0.6) is 5.75 Å². The SMILES string of the molecule is Cl.Cl.Oc1ccc(Cl)cc1[C@H](C1CC1)N1CCNCC1. The lowest BCUT2D eigenvalue weighted by molar-refractivity contribution is 0.153. The topological polar surface area (TPSA) is 35.5 Å². The van der Waals surface area contributed by atoms with Gasteiger partial charge in [0.05, 0.1) is 0 Å². The smallest absolute Gasteiger partial charge is 0.120 e. The van der Waals surface area contributed by atoms with Crippen LogP contribution in [0.15, 0.2) is 18.2 Å². The van der Waals surface area contributed by atoms with Gasteiger partial charge in [-0.1, -0.05) is 11.6 Å². The summed E-state index contributed by atoms with van der Waals surface area (Å²) in [6.07, 6.45) is 2.53. The van der Waals surface area contributed by atoms with Crippen molar-refractivity contribution >= 4 is 36.4 Å². The minimum Gasteiger partial charge on any atom is -0.508 e. The van der Waals surface area contributed by atoms with E-state index in [1.807, 2.05) is 6.07 Å². The van der Waals surface area contributed by atoms with Gasteiger partial charge in [-0.25, -0.2) is 0 Å². The molecule has 1 aliphatic carbocycles. The molecular formula is C14H21Cl3N2O. The van der Waals surface area contributed by atoms with Crippen molar-refractivity contribution < 1.29 is 5.11 Å². The lowest BCUT2D eigenvalue weighted by Crippen LogP contribution is -2.45. The molecule has 1 aromatic carbocycles. The van der Waals surface area contributed by atoms with Crippen molar-refractivity contribution in [3.05, 3.63) is 28.8 Å². The van der Waals surface area contributed by atoms with Gasteiger partial charge in [-0.15, -0.1) is 24.8 Å². The van der Waals surface area contributed by atoms with Crippen LogP contribution in [-0.2, 0) is 0 Å². The first kappa shape index (κ1) is 17.9. The molecule has 114 valence electrons. The van der Waals surface area contributed by atoms with Gasteiger partial charge in [0.15, 0.2) is 0 Å². The summed E-state index contributed by atoms with van der Waals surface area (Å²) in [5, 5.41) is 14.2. The fraction of sp³-hybridized carbons (Fsp3) is 0.571. The van der Waals surface area contributed by atoms with Crippen LogP contribution < -0.4 is 5.32 Å². The Morgan fingerprint density at radius 3 is 2.45 bits per heavy atom. The normalized spacial score (nSPS) is 20.6. The van der Waals surface area contributed by atoms with E-state index in [9.17, 15) is 5.11 Å². The second-order valence-electron chi connectivity index (χ2n) is 5.27. The monoisotopic (exact) mass is 338 g/mol. The van der Waals surface area contributed by atoms with E-state index < -0.39 is 0 Å². The highest BCUT2D eigenvalue weighted by atomic mass is 35.5. The summed E-state index contributed by atoms with van der Waals surface area (Å²) in [6, 6.07) is 5.74. The number of halogens is 3. The average molecular weight is 340 g/mol. The van der Waals surface area contributed by atoms with Gasteiger partial charge in [0.1, 0.15) is 5.75 Å². The molecule has 20 heavy (non-hydrogen) atoms. The highest BCUT2D eigenvalue weighted by Crippen LogP contribution is 2.47. The Bertz CT molecular complexity index is 434. The summed E-state index contributed by atoms with van der Waals surface area (Å²) in [5.41, 5.74) is 1.01. The maximum Gasteiger partial charge on any atom is 0.120 e. The standard InChI is InChI=1S/C14H19ClN2O.2ClH/c15-11-3-4-13(18)12(9-11)14(10-1-2-10)17-7-5-16-6-8-17;;/h3-4,9-10,14,16,18H,1-2,5-8H2;2*1H/t14-;;/m0../s1. The Kier molecular flexibility index (Phi) is 6.89. The summed E-state index contributed by atoms with van der Waals surface area (Å²) in [6.45, 7) is 4.16. The lowest BCUT2D eigenvalue weighted by Gasteiger charge is -2.35. The quantitative estimate of drug-likeness (QED) is 0.887. The second-order valence-corrected chi connectivity index (χ2v) is 5.71. The van der Waals surface area contributed by atoms with E-state index >= 15 is 0 Å². The number of hydrogen-bond acceptors (Lipinski definition) is 3. The molecule has 0 bridgehead atoms. The van der Waals surface area contributed by atoms with E-state index in [4.69, 9.17) is 11.6 Å². The molecule has 1 saturated carbocycles. The van der Waals surface area contributed by atoms with E-state index in [0.29, 0.717) is 22.7 Å². The van der Waals surface area contributed by atoms with Crippen molar-refractivity contribution in [1.82, 2.24) is 10.2 Å². The fourth-order valence-electron chi connectivity index (χ4n) is 2.88. The molecular weight excluding hydrogens is 319 g/mol. The molecule has 1 aromatic rings. The minimum atomic E-state index is 0. The van der Waals surface area contributed by atoms with Gasteiger partial charge in [0.2, 0.25) is 0 Å². The molecule has 0 spiro atoms. The van der Waals surface area contributed by atoms with Crippen LogP contribution in [0.1, 0.15) is 24.4 Å². The Morgan fingerprint density at radius 2 is 1.85 bits per heavy atom. The van der Waals surface area contributed by atoms with Crippen LogP contribution in [-0.4, -0.2) is 36.2 Å². The minimum absolute atomic E-state index is 0. The summed E-state index contributed by atoms with van der Waals surface area (Å²) in [5.74, 6) is 1.07. The van der Waals surface area contributed by atoms with E-state index in [1.54, 1.807) is 12.1 Å². The average Bonchev–Trinajstić information content (AvgIpc) is 3.20. The zero-order chi connectivity index (χ0) is 12.5. The van der Waals surface area contributed by atoms with Crippen LogP contribution in [0.2, 0.25) is 5.02 Å². The van der Waals surface area contributed by atoms with Crippen molar-refractivity contribution in [2.75, 3.05) is 26.2 Å². The van der Waals surface area contributed by atoms with Gasteiger partial charge in [0.25, 0.3) is 0 Å². The van der Waals surface area contributed by atoms with Gasteiger partial charge >= 0.3 is 0 Å². The van der Waals surface area contributed by atoms with Crippen molar-refractivity contribution in [3.8, 4) is 5.75 Å². The Balaban J connectivity index is 0.000001000. The van der Waals surface area contributed by atoms with Crippen LogP contribution in [0.4, 0.5) is 0 Å². The van der Waals surface area contributed by atoms with Crippen LogP contribution >= 0.6 is 36.4 Å². The highest BCUT2D eigenvalue weighted by molar-refractivity contribution is 6.30. The Hall–Kier alpha value is -0.190. The molecule has 0 unspecified atom stereocenters. The van der Waals surface area contributed by atoms with Crippen LogP contribution in [0, 0.1) is 5.92 Å². The van der Waals surface area contributed by atoms with E-state index in [1.165, 1.54) is 12.8 Å². The summed E-state index contributed by atoms with van der Waals surface area (Å²) >= 11 is 6.08. The number of rotatable bonds is 3. The van der Waals surface area contributed by atoms with Gasteiger partial charge < -0.3 is 10.4 Å². The van der Waals surface area contributed by atoms with Crippen molar-refractivity contribution in [2.24, 2.45) is 5.92 Å². The van der Waals surface area contributed by atoms with Gasteiger partial charge in [-0.2, -0.15) is 0 Å². The third kappa shape index (κ3) is 3.92. The number of aromatic hydroxyl groups is 1. The van der Waals surface area contributed by atoms with E-state index in [0.717, 1.165) is 31.7 Å². The van der Waals surface area contributed by atoms with Crippen LogP contribution in [0.3, 0.4) is 0 Å². The molecule has 3 nitrogen and oxygen atoms in total. The molecule has 2 fully saturated rings. The molecule has 1 aliphatic heterocycles. The van der Waals surface area contributed by atoms with Crippen molar-refractivity contribution in [3.63, 3.8) is 0 Å². The number of benzene rings is 1. The Morgan fingerprint density at radius 1 is 1.20 bits per heavy atom. The van der Waals surface area contributed by atoms with Crippen LogP contribution in [0.25, 0.3) is 0 Å². The summed E-state index contributed by atoms with van der Waals surface area (Å²) in [7, 11) is 0. The van der Waals surface area contributed by atoms with E-state index in [2.05, 4.69) is 10.2 Å². The number of phenols is 1. The lowest BCUT2D eigenvalue weighted by atomic mass is 9.99. The predicted molar refractivity (Wildman–Crippen MR) is 87.5 cm³/mol.